The summed E-state index contributed by atoms with van der Waals surface area (Å²) in [5.74, 6) is 0.554. The topological polar surface area (TPSA) is 96.0 Å². The van der Waals surface area contributed by atoms with Gasteiger partial charge in [-0.05, 0) is 24.1 Å². The number of hydrogen-bond donors (Lipinski definition) is 3. The zero-order valence-electron chi connectivity index (χ0n) is 12.6. The van der Waals surface area contributed by atoms with Gasteiger partial charge in [-0.15, -0.1) is 0 Å². The van der Waals surface area contributed by atoms with E-state index in [2.05, 4.69) is 0 Å². The Hall–Kier alpha value is -1.63. The molecule has 122 valence electrons. The normalized spacial score (nSPS) is 21.7. The number of ether oxygens (including phenoxy) is 1. The Labute approximate surface area is 130 Å². The number of aliphatic hydroxyl groups is 2. The Morgan fingerprint density at radius 3 is 2.95 bits per heavy atom. The summed E-state index contributed by atoms with van der Waals surface area (Å²) in [5, 5.41) is 19.0. The van der Waals surface area contributed by atoms with Gasteiger partial charge in [0.25, 0.3) is 0 Å². The van der Waals surface area contributed by atoms with E-state index in [-0.39, 0.29) is 31.4 Å². The number of nitrogens with two attached hydrogens (primary N) is 1. The number of likely N-dealkylation sites (tertiary alicyclic amines) is 1. The summed E-state index contributed by atoms with van der Waals surface area (Å²) in [6.07, 6.45) is 0.251. The van der Waals surface area contributed by atoms with E-state index in [9.17, 15) is 9.90 Å². The van der Waals surface area contributed by atoms with E-state index in [1.807, 2.05) is 24.3 Å². The number of β-amino-alcohol motifs (C(OH)–C–C–N with tert-alkyl or cyclic N) is 1. The van der Waals surface area contributed by atoms with Gasteiger partial charge < -0.3 is 25.6 Å². The average molecular weight is 308 g/mol. The highest BCUT2D eigenvalue weighted by molar-refractivity contribution is 5.79. The van der Waals surface area contributed by atoms with Crippen molar-refractivity contribution in [3.8, 4) is 5.75 Å². The minimum Gasteiger partial charge on any atom is -0.492 e. The van der Waals surface area contributed by atoms with Crippen LogP contribution in [0.25, 0.3) is 0 Å². The maximum absolute atomic E-state index is 12.3. The number of aliphatic hydroxyl groups excluding tert-OH is 2. The van der Waals surface area contributed by atoms with Gasteiger partial charge in [0.15, 0.2) is 0 Å². The number of nitrogens with zero attached hydrogens (tertiary/aromatic N) is 1. The van der Waals surface area contributed by atoms with Crippen molar-refractivity contribution >= 4 is 5.91 Å². The van der Waals surface area contributed by atoms with Crippen LogP contribution in [0.15, 0.2) is 24.3 Å². The molecule has 1 amide bonds. The second kappa shape index (κ2) is 8.12. The zero-order chi connectivity index (χ0) is 15.9. The molecule has 0 aliphatic carbocycles. The van der Waals surface area contributed by atoms with Crippen LogP contribution in [0.3, 0.4) is 0 Å². The summed E-state index contributed by atoms with van der Waals surface area (Å²) in [5.41, 5.74) is 6.27. The van der Waals surface area contributed by atoms with Crippen molar-refractivity contribution in [3.63, 3.8) is 0 Å². The zero-order valence-corrected chi connectivity index (χ0v) is 12.6. The van der Waals surface area contributed by atoms with E-state index in [0.29, 0.717) is 31.9 Å². The summed E-state index contributed by atoms with van der Waals surface area (Å²) in [4.78, 5) is 14.0. The van der Waals surface area contributed by atoms with Gasteiger partial charge in [-0.2, -0.15) is 0 Å². The molecule has 0 saturated carbocycles. The summed E-state index contributed by atoms with van der Waals surface area (Å²) in [7, 11) is 0. The molecule has 1 aromatic carbocycles. The highest BCUT2D eigenvalue weighted by atomic mass is 16.5. The predicted molar refractivity (Wildman–Crippen MR) is 82.5 cm³/mol. The fourth-order valence-corrected chi connectivity index (χ4v) is 2.63. The Morgan fingerprint density at radius 2 is 2.27 bits per heavy atom. The van der Waals surface area contributed by atoms with Gasteiger partial charge in [0.1, 0.15) is 12.4 Å². The lowest BCUT2D eigenvalue weighted by molar-refractivity contribution is -0.135. The number of benzene rings is 1. The van der Waals surface area contributed by atoms with Gasteiger partial charge in [0.2, 0.25) is 5.91 Å². The van der Waals surface area contributed by atoms with Gasteiger partial charge in [-0.25, -0.2) is 0 Å². The third kappa shape index (κ3) is 4.43. The highest BCUT2D eigenvalue weighted by Crippen LogP contribution is 2.19. The molecule has 1 aromatic rings. The summed E-state index contributed by atoms with van der Waals surface area (Å²) in [6, 6.07) is 7.40. The van der Waals surface area contributed by atoms with E-state index in [4.69, 9.17) is 15.6 Å². The molecule has 6 heteroatoms. The van der Waals surface area contributed by atoms with Gasteiger partial charge in [0.05, 0.1) is 12.5 Å². The van der Waals surface area contributed by atoms with Crippen molar-refractivity contribution in [1.29, 1.82) is 0 Å². The van der Waals surface area contributed by atoms with E-state index in [1.165, 1.54) is 0 Å². The number of carbonyl (C=O) groups is 1. The van der Waals surface area contributed by atoms with Crippen LogP contribution < -0.4 is 10.5 Å². The van der Waals surface area contributed by atoms with Crippen LogP contribution in [0.5, 0.6) is 5.75 Å². The first-order valence-electron chi connectivity index (χ1n) is 7.62. The molecule has 1 saturated heterocycles. The second-order valence-corrected chi connectivity index (χ2v) is 5.60. The molecule has 1 aliphatic rings. The molecule has 0 bridgehead atoms. The first-order chi connectivity index (χ1) is 10.6. The Morgan fingerprint density at radius 1 is 1.45 bits per heavy atom. The van der Waals surface area contributed by atoms with Crippen molar-refractivity contribution < 1.29 is 19.7 Å². The van der Waals surface area contributed by atoms with Crippen molar-refractivity contribution in [2.24, 2.45) is 11.7 Å². The third-order valence-corrected chi connectivity index (χ3v) is 3.95. The predicted octanol–water partition coefficient (Wildman–Crippen LogP) is -0.232. The van der Waals surface area contributed by atoms with Crippen LogP contribution in [-0.2, 0) is 11.2 Å². The molecule has 6 nitrogen and oxygen atoms in total. The molecular weight excluding hydrogens is 284 g/mol. The highest BCUT2D eigenvalue weighted by Gasteiger charge is 2.29. The maximum atomic E-state index is 12.3. The number of rotatable bonds is 6. The van der Waals surface area contributed by atoms with Crippen LogP contribution in [0, 0.1) is 5.92 Å². The molecule has 0 radical (unpaired) electrons. The SMILES string of the molecule is NCCOc1cccc(CC(=O)N2CC[C@H](CO)[C@@H](O)C2)c1. The standard InChI is InChI=1S/C16H24N2O4/c17-5-7-22-14-3-1-2-12(8-14)9-16(21)18-6-4-13(11-19)15(20)10-18/h1-3,8,13,15,19-20H,4-7,9-11,17H2/t13-,15+/m1/s1. The van der Waals surface area contributed by atoms with Gasteiger partial charge >= 0.3 is 0 Å². The molecular formula is C16H24N2O4. The minimum absolute atomic E-state index is 0.0218. The van der Waals surface area contributed by atoms with E-state index in [0.717, 1.165) is 5.56 Å². The van der Waals surface area contributed by atoms with Crippen molar-refractivity contribution in [1.82, 2.24) is 4.90 Å². The van der Waals surface area contributed by atoms with Crippen LogP contribution in [0.1, 0.15) is 12.0 Å². The lowest BCUT2D eigenvalue weighted by Crippen LogP contribution is -2.48. The fourth-order valence-electron chi connectivity index (χ4n) is 2.63. The Kier molecular flexibility index (Phi) is 6.18. The number of hydrogen-bond acceptors (Lipinski definition) is 5. The molecule has 1 aliphatic heterocycles. The molecule has 0 aromatic heterocycles. The number of piperidine rings is 1. The largest absolute Gasteiger partial charge is 0.492 e. The lowest BCUT2D eigenvalue weighted by Gasteiger charge is -2.35. The molecule has 2 atom stereocenters. The fraction of sp³-hybridized carbons (Fsp3) is 0.562. The monoisotopic (exact) mass is 308 g/mol. The van der Waals surface area contributed by atoms with Crippen LogP contribution in [0.4, 0.5) is 0 Å². The Bertz CT molecular complexity index is 495. The van der Waals surface area contributed by atoms with Crippen molar-refractivity contribution in [2.45, 2.75) is 18.9 Å². The molecule has 1 heterocycles. The summed E-state index contributed by atoms with van der Waals surface area (Å²) < 4.78 is 5.45. The minimum atomic E-state index is -0.651. The summed E-state index contributed by atoms with van der Waals surface area (Å²) >= 11 is 0. The lowest BCUT2D eigenvalue weighted by atomic mass is 9.94. The average Bonchev–Trinajstić information content (AvgIpc) is 2.53. The molecule has 2 rings (SSSR count). The van der Waals surface area contributed by atoms with Crippen molar-refractivity contribution in [3.05, 3.63) is 29.8 Å². The molecule has 1 fully saturated rings. The molecule has 4 N–H and O–H groups in total. The smallest absolute Gasteiger partial charge is 0.227 e. The second-order valence-electron chi connectivity index (χ2n) is 5.60. The first kappa shape index (κ1) is 16.7. The number of amides is 1. The van der Waals surface area contributed by atoms with Crippen LogP contribution >= 0.6 is 0 Å². The van der Waals surface area contributed by atoms with Crippen molar-refractivity contribution in [2.75, 3.05) is 32.8 Å². The number of carbonyl (C=O) groups excluding carboxylic acids is 1. The molecule has 0 unspecified atom stereocenters. The van der Waals surface area contributed by atoms with E-state index < -0.39 is 6.10 Å². The maximum Gasteiger partial charge on any atom is 0.227 e. The van der Waals surface area contributed by atoms with Crippen LogP contribution in [0.2, 0.25) is 0 Å². The van der Waals surface area contributed by atoms with E-state index in [1.54, 1.807) is 4.90 Å². The molecule has 0 spiro atoms. The van der Waals surface area contributed by atoms with Gasteiger partial charge in [0, 0.05) is 32.2 Å². The Balaban J connectivity index is 1.92. The summed E-state index contributed by atoms with van der Waals surface area (Å²) in [6.45, 7) is 1.71. The molecule has 22 heavy (non-hydrogen) atoms. The third-order valence-electron chi connectivity index (χ3n) is 3.95. The van der Waals surface area contributed by atoms with E-state index >= 15 is 0 Å². The quantitative estimate of drug-likeness (QED) is 0.674. The van der Waals surface area contributed by atoms with Crippen LogP contribution in [-0.4, -0.2) is 60.0 Å². The van der Waals surface area contributed by atoms with Gasteiger partial charge in [-0.1, -0.05) is 12.1 Å². The van der Waals surface area contributed by atoms with Gasteiger partial charge in [-0.3, -0.25) is 4.79 Å². The first-order valence-corrected chi connectivity index (χ1v) is 7.62.